The van der Waals surface area contributed by atoms with Gasteiger partial charge in [0.15, 0.2) is 0 Å². The number of hydrogen-bond donors (Lipinski definition) is 1. The molecule has 3 aromatic carbocycles. The molecular formula is C23H18FN3O3S. The Kier molecular flexibility index (Phi) is 6.28. The third-order valence-electron chi connectivity index (χ3n) is 4.25. The monoisotopic (exact) mass is 435 g/mol. The molecule has 6 nitrogen and oxygen atoms in total. The van der Waals surface area contributed by atoms with E-state index >= 15 is 0 Å². The minimum Gasteiger partial charge on any atom is -0.457 e. The van der Waals surface area contributed by atoms with E-state index in [0.29, 0.717) is 17.0 Å². The average Bonchev–Trinajstić information content (AvgIpc) is 3.24. The summed E-state index contributed by atoms with van der Waals surface area (Å²) >= 11 is 1.14. The van der Waals surface area contributed by atoms with Gasteiger partial charge in [0, 0.05) is 11.3 Å². The van der Waals surface area contributed by atoms with Crippen molar-refractivity contribution in [3.05, 3.63) is 84.7 Å². The van der Waals surface area contributed by atoms with Gasteiger partial charge in [0.05, 0.1) is 5.25 Å². The fraction of sp³-hybridized carbons (Fsp3) is 0.0870. The second-order valence-corrected chi connectivity index (χ2v) is 7.86. The van der Waals surface area contributed by atoms with Crippen LogP contribution in [0.15, 0.2) is 88.5 Å². The van der Waals surface area contributed by atoms with Crippen molar-refractivity contribution in [3.8, 4) is 23.0 Å². The van der Waals surface area contributed by atoms with Crippen molar-refractivity contribution in [2.45, 2.75) is 17.4 Å². The van der Waals surface area contributed by atoms with Crippen molar-refractivity contribution >= 4 is 23.4 Å². The number of benzene rings is 3. The minimum atomic E-state index is -0.471. The number of nitrogens with one attached hydrogen (secondary N) is 1. The van der Waals surface area contributed by atoms with E-state index in [9.17, 15) is 9.18 Å². The van der Waals surface area contributed by atoms with Crippen molar-refractivity contribution in [2.24, 2.45) is 0 Å². The third kappa shape index (κ3) is 5.49. The molecule has 0 saturated heterocycles. The molecule has 0 unspecified atom stereocenters. The van der Waals surface area contributed by atoms with Crippen LogP contribution < -0.4 is 10.1 Å². The van der Waals surface area contributed by atoms with Gasteiger partial charge in [0.1, 0.15) is 17.3 Å². The predicted octanol–water partition coefficient (Wildman–Crippen LogP) is 5.79. The standard InChI is InChI=1S/C23H18FN3O3S/c1-15(31-23-27-26-22(30-23)16-7-9-17(24)10-8-16)21(28)25-18-11-13-20(14-12-18)29-19-5-3-2-4-6-19/h2-15H,1H3,(H,25,28)/t15-/m1/s1. The van der Waals surface area contributed by atoms with E-state index in [0.717, 1.165) is 17.5 Å². The molecule has 1 N–H and O–H groups in total. The number of carbonyl (C=O) groups is 1. The number of nitrogens with zero attached hydrogens (tertiary/aromatic N) is 2. The van der Waals surface area contributed by atoms with Crippen LogP contribution in [0.3, 0.4) is 0 Å². The lowest BCUT2D eigenvalue weighted by Crippen LogP contribution is -2.22. The van der Waals surface area contributed by atoms with Crippen LogP contribution in [0, 0.1) is 5.82 Å². The molecule has 0 spiro atoms. The average molecular weight is 435 g/mol. The maximum absolute atomic E-state index is 13.0. The molecule has 31 heavy (non-hydrogen) atoms. The molecule has 1 atom stereocenters. The number of carbonyl (C=O) groups excluding carboxylic acids is 1. The summed E-state index contributed by atoms with van der Waals surface area (Å²) < 4.78 is 24.4. The summed E-state index contributed by atoms with van der Waals surface area (Å²) in [6.07, 6.45) is 0. The maximum atomic E-state index is 13.0. The summed E-state index contributed by atoms with van der Waals surface area (Å²) in [4.78, 5) is 12.5. The first-order valence-corrected chi connectivity index (χ1v) is 10.3. The zero-order valence-electron chi connectivity index (χ0n) is 16.5. The summed E-state index contributed by atoms with van der Waals surface area (Å²) in [7, 11) is 0. The molecule has 0 aliphatic heterocycles. The maximum Gasteiger partial charge on any atom is 0.277 e. The summed E-state index contributed by atoms with van der Waals surface area (Å²) in [6.45, 7) is 1.74. The Morgan fingerprint density at radius 3 is 2.35 bits per heavy atom. The van der Waals surface area contributed by atoms with Gasteiger partial charge in [-0.1, -0.05) is 30.0 Å². The van der Waals surface area contributed by atoms with Crippen LogP contribution in [-0.2, 0) is 4.79 Å². The molecule has 1 heterocycles. The van der Waals surface area contributed by atoms with Crippen molar-refractivity contribution < 1.29 is 18.3 Å². The summed E-state index contributed by atoms with van der Waals surface area (Å²) in [6, 6.07) is 22.3. The Labute approximate surface area is 182 Å². The first-order chi connectivity index (χ1) is 15.1. The lowest BCUT2D eigenvalue weighted by Gasteiger charge is -2.11. The van der Waals surface area contributed by atoms with Gasteiger partial charge in [-0.2, -0.15) is 0 Å². The van der Waals surface area contributed by atoms with Crippen LogP contribution in [0.1, 0.15) is 6.92 Å². The molecule has 0 fully saturated rings. The first kappa shape index (κ1) is 20.6. The number of para-hydroxylation sites is 1. The number of ether oxygens (including phenoxy) is 1. The molecule has 0 aliphatic carbocycles. The van der Waals surface area contributed by atoms with Crippen LogP contribution in [0.4, 0.5) is 10.1 Å². The summed E-state index contributed by atoms with van der Waals surface area (Å²) in [5, 5.41) is 10.5. The number of halogens is 1. The Bertz CT molecular complexity index is 1150. The number of hydrogen-bond acceptors (Lipinski definition) is 6. The zero-order chi connectivity index (χ0) is 21.6. The number of thioether (sulfide) groups is 1. The molecular weight excluding hydrogens is 417 g/mol. The van der Waals surface area contributed by atoms with Crippen molar-refractivity contribution in [1.82, 2.24) is 10.2 Å². The highest BCUT2D eigenvalue weighted by molar-refractivity contribution is 8.00. The second kappa shape index (κ2) is 9.44. The Hall–Kier alpha value is -3.65. The second-order valence-electron chi connectivity index (χ2n) is 6.57. The van der Waals surface area contributed by atoms with Gasteiger partial charge in [0.25, 0.3) is 5.22 Å². The molecule has 4 aromatic rings. The van der Waals surface area contributed by atoms with E-state index in [1.54, 1.807) is 43.3 Å². The number of rotatable bonds is 7. The number of anilines is 1. The summed E-state index contributed by atoms with van der Waals surface area (Å²) in [5.41, 5.74) is 1.26. The van der Waals surface area contributed by atoms with Gasteiger partial charge >= 0.3 is 0 Å². The van der Waals surface area contributed by atoms with Crippen LogP contribution in [0.2, 0.25) is 0 Å². The van der Waals surface area contributed by atoms with E-state index in [4.69, 9.17) is 9.15 Å². The van der Waals surface area contributed by atoms with E-state index in [1.165, 1.54) is 12.1 Å². The van der Waals surface area contributed by atoms with Gasteiger partial charge in [-0.25, -0.2) is 4.39 Å². The SMILES string of the molecule is C[C@@H](Sc1nnc(-c2ccc(F)cc2)o1)C(=O)Nc1ccc(Oc2ccccc2)cc1. The molecule has 1 aromatic heterocycles. The molecule has 0 aliphatic rings. The van der Waals surface area contributed by atoms with Gasteiger partial charge in [-0.15, -0.1) is 10.2 Å². The largest absolute Gasteiger partial charge is 0.457 e. The third-order valence-corrected chi connectivity index (χ3v) is 5.18. The lowest BCUT2D eigenvalue weighted by atomic mass is 10.2. The highest BCUT2D eigenvalue weighted by atomic mass is 32.2. The van der Waals surface area contributed by atoms with Crippen LogP contribution in [0.5, 0.6) is 11.5 Å². The fourth-order valence-corrected chi connectivity index (χ4v) is 3.33. The Morgan fingerprint density at radius 2 is 1.65 bits per heavy atom. The van der Waals surface area contributed by atoms with Crippen LogP contribution >= 0.6 is 11.8 Å². The van der Waals surface area contributed by atoms with E-state index < -0.39 is 5.25 Å². The molecule has 0 bridgehead atoms. The van der Waals surface area contributed by atoms with Gasteiger partial charge in [0.2, 0.25) is 11.8 Å². The molecule has 0 radical (unpaired) electrons. The van der Waals surface area contributed by atoms with Gasteiger partial charge in [-0.05, 0) is 67.6 Å². The topological polar surface area (TPSA) is 77.2 Å². The Morgan fingerprint density at radius 1 is 0.968 bits per heavy atom. The van der Waals surface area contributed by atoms with E-state index in [-0.39, 0.29) is 22.8 Å². The fourth-order valence-electron chi connectivity index (χ4n) is 2.65. The van der Waals surface area contributed by atoms with E-state index in [2.05, 4.69) is 15.5 Å². The molecule has 0 saturated carbocycles. The van der Waals surface area contributed by atoms with Crippen molar-refractivity contribution in [1.29, 1.82) is 0 Å². The Balaban J connectivity index is 1.33. The molecule has 1 amide bonds. The van der Waals surface area contributed by atoms with Gasteiger partial charge in [-0.3, -0.25) is 4.79 Å². The zero-order valence-corrected chi connectivity index (χ0v) is 17.3. The van der Waals surface area contributed by atoms with Crippen molar-refractivity contribution in [2.75, 3.05) is 5.32 Å². The van der Waals surface area contributed by atoms with E-state index in [1.807, 2.05) is 30.3 Å². The molecule has 8 heteroatoms. The number of aromatic nitrogens is 2. The molecule has 4 rings (SSSR count). The van der Waals surface area contributed by atoms with Crippen LogP contribution in [-0.4, -0.2) is 21.4 Å². The van der Waals surface area contributed by atoms with Crippen molar-refractivity contribution in [3.63, 3.8) is 0 Å². The highest BCUT2D eigenvalue weighted by Gasteiger charge is 2.19. The summed E-state index contributed by atoms with van der Waals surface area (Å²) in [5.74, 6) is 1.13. The van der Waals surface area contributed by atoms with Crippen LogP contribution in [0.25, 0.3) is 11.5 Å². The molecule has 156 valence electrons. The lowest BCUT2D eigenvalue weighted by molar-refractivity contribution is -0.115. The minimum absolute atomic E-state index is 0.205. The smallest absolute Gasteiger partial charge is 0.277 e. The number of amides is 1. The van der Waals surface area contributed by atoms with Gasteiger partial charge < -0.3 is 14.5 Å². The predicted molar refractivity (Wildman–Crippen MR) is 117 cm³/mol. The highest BCUT2D eigenvalue weighted by Crippen LogP contribution is 2.27. The normalized spacial score (nSPS) is 11.7. The quantitative estimate of drug-likeness (QED) is 0.371. The first-order valence-electron chi connectivity index (χ1n) is 9.47.